The fourth-order valence-corrected chi connectivity index (χ4v) is 2.52. The number of carbonyl (C=O) groups is 1. The average Bonchev–Trinajstić information content (AvgIpc) is 3.30. The monoisotopic (exact) mass is 330 g/mol. The summed E-state index contributed by atoms with van der Waals surface area (Å²) < 4.78 is 11.1. The Hall–Kier alpha value is -2.41. The Labute approximate surface area is 141 Å². The number of benzene rings is 1. The Morgan fingerprint density at radius 2 is 2.12 bits per heavy atom. The normalized spacial score (nSPS) is 17.0. The van der Waals surface area contributed by atoms with Crippen molar-refractivity contribution in [1.82, 2.24) is 15.1 Å². The van der Waals surface area contributed by atoms with E-state index in [1.165, 1.54) is 0 Å². The van der Waals surface area contributed by atoms with E-state index in [4.69, 9.17) is 9.15 Å². The topological polar surface area (TPSA) is 80.5 Å². The van der Waals surface area contributed by atoms with Crippen molar-refractivity contribution in [3.05, 3.63) is 41.3 Å². The molecule has 3 rings (SSSR count). The van der Waals surface area contributed by atoms with E-state index in [1.807, 2.05) is 31.2 Å². The van der Waals surface area contributed by atoms with Crippen molar-refractivity contribution >= 4 is 11.9 Å². The number of rotatable bonds is 6. The molecular weight excluding hydrogens is 308 g/mol. The van der Waals surface area contributed by atoms with E-state index in [0.717, 1.165) is 25.0 Å². The molecule has 1 fully saturated rings. The van der Waals surface area contributed by atoms with E-state index in [1.54, 1.807) is 11.9 Å². The van der Waals surface area contributed by atoms with Crippen LogP contribution in [0.1, 0.15) is 47.7 Å². The SMILES string of the molecule is CCN(C)C(=O)c1ccc(CNc2nnc(C3CCCO3)o2)cc1. The van der Waals surface area contributed by atoms with Crippen molar-refractivity contribution in [1.29, 1.82) is 0 Å². The molecule has 1 aromatic carbocycles. The number of amides is 1. The van der Waals surface area contributed by atoms with Crippen LogP contribution in [-0.4, -0.2) is 41.2 Å². The highest BCUT2D eigenvalue weighted by Crippen LogP contribution is 2.28. The molecule has 1 aliphatic heterocycles. The second kappa shape index (κ2) is 7.44. The Morgan fingerprint density at radius 1 is 1.33 bits per heavy atom. The van der Waals surface area contributed by atoms with Crippen LogP contribution in [0.5, 0.6) is 0 Å². The van der Waals surface area contributed by atoms with E-state index in [0.29, 0.717) is 30.6 Å². The third kappa shape index (κ3) is 3.73. The quantitative estimate of drug-likeness (QED) is 0.877. The van der Waals surface area contributed by atoms with Gasteiger partial charge in [-0.15, -0.1) is 5.10 Å². The summed E-state index contributed by atoms with van der Waals surface area (Å²) in [5.41, 5.74) is 1.71. The molecule has 0 aliphatic carbocycles. The smallest absolute Gasteiger partial charge is 0.315 e. The molecule has 1 N–H and O–H groups in total. The van der Waals surface area contributed by atoms with E-state index in [9.17, 15) is 4.79 Å². The van der Waals surface area contributed by atoms with E-state index in [2.05, 4.69) is 15.5 Å². The van der Waals surface area contributed by atoms with Crippen LogP contribution < -0.4 is 5.32 Å². The molecule has 1 amide bonds. The standard InChI is InChI=1S/C17H22N4O3/c1-3-21(2)16(22)13-8-6-12(7-9-13)11-18-17-20-19-15(24-17)14-5-4-10-23-14/h6-9,14H,3-5,10-11H2,1-2H3,(H,18,20). The minimum absolute atomic E-state index is 0.0233. The summed E-state index contributed by atoms with van der Waals surface area (Å²) in [7, 11) is 1.79. The molecule has 7 nitrogen and oxygen atoms in total. The van der Waals surface area contributed by atoms with Gasteiger partial charge >= 0.3 is 6.01 Å². The van der Waals surface area contributed by atoms with E-state index < -0.39 is 0 Å². The summed E-state index contributed by atoms with van der Waals surface area (Å²) in [5.74, 6) is 0.550. The van der Waals surface area contributed by atoms with E-state index in [-0.39, 0.29) is 12.0 Å². The highest BCUT2D eigenvalue weighted by Gasteiger charge is 2.23. The maximum Gasteiger partial charge on any atom is 0.315 e. The van der Waals surface area contributed by atoms with Gasteiger partial charge in [-0.05, 0) is 37.5 Å². The van der Waals surface area contributed by atoms with E-state index >= 15 is 0 Å². The fraction of sp³-hybridized carbons (Fsp3) is 0.471. The first kappa shape index (κ1) is 16.4. The van der Waals surface area contributed by atoms with Crippen molar-refractivity contribution in [2.24, 2.45) is 0 Å². The molecule has 128 valence electrons. The minimum atomic E-state index is -0.0751. The van der Waals surface area contributed by atoms with Gasteiger partial charge in [-0.3, -0.25) is 4.79 Å². The molecule has 0 bridgehead atoms. The molecule has 7 heteroatoms. The number of anilines is 1. The zero-order valence-corrected chi connectivity index (χ0v) is 14.0. The largest absolute Gasteiger partial charge is 0.405 e. The van der Waals surface area contributed by atoms with Crippen LogP contribution in [-0.2, 0) is 11.3 Å². The van der Waals surface area contributed by atoms with Crippen LogP contribution in [0.25, 0.3) is 0 Å². The van der Waals surface area contributed by atoms with Gasteiger partial charge in [-0.2, -0.15) is 0 Å². The Morgan fingerprint density at radius 3 is 2.79 bits per heavy atom. The van der Waals surface area contributed by atoms with Gasteiger partial charge in [0.2, 0.25) is 5.89 Å². The predicted molar refractivity (Wildman–Crippen MR) is 88.6 cm³/mol. The zero-order chi connectivity index (χ0) is 16.9. The molecule has 1 saturated heterocycles. The van der Waals surface area contributed by atoms with Gasteiger partial charge in [-0.25, -0.2) is 0 Å². The summed E-state index contributed by atoms with van der Waals surface area (Å²) in [5, 5.41) is 11.1. The number of carbonyl (C=O) groups excluding carboxylic acids is 1. The van der Waals surface area contributed by atoms with Gasteiger partial charge in [0.25, 0.3) is 5.91 Å². The molecule has 0 radical (unpaired) electrons. The highest BCUT2D eigenvalue weighted by molar-refractivity contribution is 5.94. The van der Waals surface area contributed by atoms with Crippen molar-refractivity contribution in [2.75, 3.05) is 25.5 Å². The maximum absolute atomic E-state index is 12.1. The lowest BCUT2D eigenvalue weighted by molar-refractivity contribution is 0.0802. The van der Waals surface area contributed by atoms with Crippen LogP contribution >= 0.6 is 0 Å². The van der Waals surface area contributed by atoms with Gasteiger partial charge in [0.15, 0.2) is 0 Å². The van der Waals surface area contributed by atoms with Crippen molar-refractivity contribution in [2.45, 2.75) is 32.4 Å². The first-order valence-electron chi connectivity index (χ1n) is 8.20. The summed E-state index contributed by atoms with van der Waals surface area (Å²) in [4.78, 5) is 13.7. The molecule has 1 aliphatic rings. The number of nitrogens with zero attached hydrogens (tertiary/aromatic N) is 3. The number of hydrogen-bond acceptors (Lipinski definition) is 6. The van der Waals surface area contributed by atoms with Crippen molar-refractivity contribution in [3.63, 3.8) is 0 Å². The molecular formula is C17H22N4O3. The Balaban J connectivity index is 1.56. The minimum Gasteiger partial charge on any atom is -0.405 e. The van der Waals surface area contributed by atoms with Gasteiger partial charge < -0.3 is 19.4 Å². The van der Waals surface area contributed by atoms with Crippen molar-refractivity contribution in [3.8, 4) is 0 Å². The Kier molecular flexibility index (Phi) is 5.10. The maximum atomic E-state index is 12.1. The van der Waals surface area contributed by atoms with Gasteiger partial charge in [0.05, 0.1) is 0 Å². The number of aromatic nitrogens is 2. The zero-order valence-electron chi connectivity index (χ0n) is 14.0. The van der Waals surface area contributed by atoms with Crippen LogP contribution in [0.2, 0.25) is 0 Å². The van der Waals surface area contributed by atoms with Gasteiger partial charge in [0, 0.05) is 32.3 Å². The Bertz CT molecular complexity index is 677. The summed E-state index contributed by atoms with van der Waals surface area (Å²) in [6, 6.07) is 7.88. The van der Waals surface area contributed by atoms with Crippen LogP contribution in [0.4, 0.5) is 6.01 Å². The third-order valence-corrected chi connectivity index (χ3v) is 4.11. The summed E-state index contributed by atoms with van der Waals surface area (Å²) in [6.45, 7) is 3.93. The molecule has 24 heavy (non-hydrogen) atoms. The van der Waals surface area contributed by atoms with Crippen LogP contribution in [0.3, 0.4) is 0 Å². The lowest BCUT2D eigenvalue weighted by Gasteiger charge is -2.14. The fourth-order valence-electron chi connectivity index (χ4n) is 2.52. The number of hydrogen-bond donors (Lipinski definition) is 1. The molecule has 1 unspecified atom stereocenters. The average molecular weight is 330 g/mol. The second-order valence-electron chi connectivity index (χ2n) is 5.82. The molecule has 2 aromatic rings. The molecule has 1 aromatic heterocycles. The van der Waals surface area contributed by atoms with Crippen molar-refractivity contribution < 1.29 is 13.9 Å². The summed E-state index contributed by atoms with van der Waals surface area (Å²) >= 11 is 0. The number of ether oxygens (including phenoxy) is 1. The number of nitrogens with one attached hydrogen (secondary N) is 1. The highest BCUT2D eigenvalue weighted by atomic mass is 16.5. The van der Waals surface area contributed by atoms with Crippen LogP contribution in [0, 0.1) is 0 Å². The first-order chi connectivity index (χ1) is 11.7. The summed E-state index contributed by atoms with van der Waals surface area (Å²) in [6.07, 6.45) is 1.87. The lowest BCUT2D eigenvalue weighted by atomic mass is 10.1. The predicted octanol–water partition coefficient (Wildman–Crippen LogP) is 2.63. The molecule has 0 saturated carbocycles. The molecule has 1 atom stereocenters. The second-order valence-corrected chi connectivity index (χ2v) is 5.82. The molecule has 0 spiro atoms. The lowest BCUT2D eigenvalue weighted by Crippen LogP contribution is -2.26. The van der Waals surface area contributed by atoms with Gasteiger partial charge in [-0.1, -0.05) is 17.2 Å². The van der Waals surface area contributed by atoms with Gasteiger partial charge in [0.1, 0.15) is 6.10 Å². The third-order valence-electron chi connectivity index (χ3n) is 4.11. The first-order valence-corrected chi connectivity index (χ1v) is 8.20. The molecule has 2 heterocycles. The van der Waals surface area contributed by atoms with Crippen LogP contribution in [0.15, 0.2) is 28.7 Å².